The number of carbonyl (C=O) groups excluding carboxylic acids is 1. The predicted octanol–water partition coefficient (Wildman–Crippen LogP) is 3.74. The van der Waals surface area contributed by atoms with E-state index in [1.54, 1.807) is 30.3 Å². The van der Waals surface area contributed by atoms with Crippen LogP contribution in [0.2, 0.25) is 10.0 Å². The zero-order valence-corrected chi connectivity index (χ0v) is 19.1. The zero-order chi connectivity index (χ0) is 22.1. The molecular formula is C20H24Cl2N2O5S. The number of hydrogen-bond acceptors (Lipinski definition) is 5. The maximum atomic E-state index is 12.3. The van der Waals surface area contributed by atoms with E-state index in [1.807, 2.05) is 6.07 Å². The molecule has 0 saturated heterocycles. The van der Waals surface area contributed by atoms with Gasteiger partial charge in [0.15, 0.2) is 0 Å². The van der Waals surface area contributed by atoms with Crippen LogP contribution in [0.1, 0.15) is 12.8 Å². The average Bonchev–Trinajstić information content (AvgIpc) is 2.69. The Kier molecular flexibility index (Phi) is 9.08. The highest BCUT2D eigenvalue weighted by Crippen LogP contribution is 2.33. The molecule has 1 amide bonds. The third-order valence-electron chi connectivity index (χ3n) is 4.09. The Labute approximate surface area is 186 Å². The number of halogens is 2. The van der Waals surface area contributed by atoms with Crippen LogP contribution in [0, 0.1) is 0 Å². The van der Waals surface area contributed by atoms with E-state index in [0.29, 0.717) is 40.2 Å². The van der Waals surface area contributed by atoms with Crippen molar-refractivity contribution in [2.75, 3.05) is 37.4 Å². The molecule has 0 saturated carbocycles. The Hall–Kier alpha value is -2.16. The number of hydrogen-bond donors (Lipinski definition) is 1. The van der Waals surface area contributed by atoms with Crippen LogP contribution in [-0.2, 0) is 14.8 Å². The number of methoxy groups -OCH3 is 1. The highest BCUT2D eigenvalue weighted by molar-refractivity contribution is 7.92. The van der Waals surface area contributed by atoms with Crippen LogP contribution in [0.15, 0.2) is 42.5 Å². The first kappa shape index (κ1) is 24.1. The number of sulfonamides is 1. The van der Waals surface area contributed by atoms with E-state index in [9.17, 15) is 13.2 Å². The Morgan fingerprint density at radius 2 is 1.87 bits per heavy atom. The number of carbonyl (C=O) groups is 1. The molecule has 1 N–H and O–H groups in total. The molecule has 0 aliphatic heterocycles. The summed E-state index contributed by atoms with van der Waals surface area (Å²) in [5.41, 5.74) is 0.334. The maximum absolute atomic E-state index is 12.3. The number of ether oxygens (including phenoxy) is 2. The molecule has 0 unspecified atom stereocenters. The summed E-state index contributed by atoms with van der Waals surface area (Å²) in [6, 6.07) is 11.8. The fourth-order valence-electron chi connectivity index (χ4n) is 2.71. The molecule has 0 atom stereocenters. The summed E-state index contributed by atoms with van der Waals surface area (Å²) in [5.74, 6) is 0.725. The molecule has 164 valence electrons. The first-order valence-corrected chi connectivity index (χ1v) is 11.8. The lowest BCUT2D eigenvalue weighted by Crippen LogP contribution is -2.33. The number of benzene rings is 2. The van der Waals surface area contributed by atoms with E-state index in [4.69, 9.17) is 32.7 Å². The molecule has 2 aromatic rings. The summed E-state index contributed by atoms with van der Waals surface area (Å²) in [6.45, 7) is 0.686. The van der Waals surface area contributed by atoms with Gasteiger partial charge in [0.1, 0.15) is 18.1 Å². The van der Waals surface area contributed by atoms with Crippen molar-refractivity contribution in [1.82, 2.24) is 5.32 Å². The van der Waals surface area contributed by atoms with Crippen molar-refractivity contribution in [1.29, 1.82) is 0 Å². The Morgan fingerprint density at radius 3 is 2.53 bits per heavy atom. The molecule has 0 spiro atoms. The molecule has 0 bridgehead atoms. The van der Waals surface area contributed by atoms with Crippen LogP contribution < -0.4 is 19.1 Å². The van der Waals surface area contributed by atoms with E-state index < -0.39 is 10.0 Å². The van der Waals surface area contributed by atoms with Crippen LogP contribution in [-0.4, -0.2) is 47.4 Å². The van der Waals surface area contributed by atoms with Crippen LogP contribution in [0.25, 0.3) is 0 Å². The molecular weight excluding hydrogens is 451 g/mol. The standard InChI is InChI=1S/C20H24Cl2N2O5S/c1-28-19-10-9-15(21)14-17(19)24(30(2,26)27)12-5-8-20(25)23-11-13-29-18-7-4-3-6-16(18)22/h3-4,6-7,9-10,14H,5,8,11-13H2,1-2H3,(H,23,25). The number of para-hydroxylation sites is 1. The van der Waals surface area contributed by atoms with Gasteiger partial charge < -0.3 is 14.8 Å². The molecule has 0 heterocycles. The van der Waals surface area contributed by atoms with Gasteiger partial charge >= 0.3 is 0 Å². The third-order valence-corrected chi connectivity index (χ3v) is 5.82. The second-order valence-corrected chi connectivity index (χ2v) is 9.13. The highest BCUT2D eigenvalue weighted by atomic mass is 35.5. The summed E-state index contributed by atoms with van der Waals surface area (Å²) < 4.78 is 36.5. The van der Waals surface area contributed by atoms with Crippen LogP contribution in [0.3, 0.4) is 0 Å². The fourth-order valence-corrected chi connectivity index (χ4v) is 4.03. The average molecular weight is 475 g/mol. The lowest BCUT2D eigenvalue weighted by molar-refractivity contribution is -0.121. The number of nitrogens with one attached hydrogen (secondary N) is 1. The number of amides is 1. The van der Waals surface area contributed by atoms with Gasteiger partial charge in [-0.1, -0.05) is 35.3 Å². The van der Waals surface area contributed by atoms with E-state index in [0.717, 1.165) is 6.26 Å². The summed E-state index contributed by atoms with van der Waals surface area (Å²) in [7, 11) is -2.14. The topological polar surface area (TPSA) is 84.9 Å². The summed E-state index contributed by atoms with van der Waals surface area (Å²) in [5, 5.41) is 3.62. The molecule has 0 fully saturated rings. The monoisotopic (exact) mass is 474 g/mol. The van der Waals surface area contributed by atoms with Crippen molar-refractivity contribution in [2.24, 2.45) is 0 Å². The first-order chi connectivity index (χ1) is 14.2. The highest BCUT2D eigenvalue weighted by Gasteiger charge is 2.21. The Bertz CT molecular complexity index is 969. The van der Waals surface area contributed by atoms with Gasteiger partial charge in [0.25, 0.3) is 0 Å². The van der Waals surface area contributed by atoms with Gasteiger partial charge in [0.2, 0.25) is 15.9 Å². The molecule has 10 heteroatoms. The second kappa shape index (κ2) is 11.3. The molecule has 0 radical (unpaired) electrons. The van der Waals surface area contributed by atoms with Crippen molar-refractivity contribution in [2.45, 2.75) is 12.8 Å². The van der Waals surface area contributed by atoms with Crippen molar-refractivity contribution in [3.63, 3.8) is 0 Å². The molecule has 30 heavy (non-hydrogen) atoms. The summed E-state index contributed by atoms with van der Waals surface area (Å²) in [6.07, 6.45) is 1.57. The molecule has 7 nitrogen and oxygen atoms in total. The van der Waals surface area contributed by atoms with Gasteiger partial charge in [-0.3, -0.25) is 9.10 Å². The minimum atomic E-state index is -3.59. The summed E-state index contributed by atoms with van der Waals surface area (Å²) >= 11 is 12.0. The number of rotatable bonds is 11. The van der Waals surface area contributed by atoms with Crippen LogP contribution >= 0.6 is 23.2 Å². The minimum Gasteiger partial charge on any atom is -0.495 e. The Balaban J connectivity index is 1.84. The lowest BCUT2D eigenvalue weighted by Gasteiger charge is -2.24. The smallest absolute Gasteiger partial charge is 0.232 e. The van der Waals surface area contributed by atoms with Gasteiger partial charge in [-0.15, -0.1) is 0 Å². The largest absolute Gasteiger partial charge is 0.495 e. The van der Waals surface area contributed by atoms with E-state index >= 15 is 0 Å². The van der Waals surface area contributed by atoms with Crippen LogP contribution in [0.4, 0.5) is 5.69 Å². The van der Waals surface area contributed by atoms with Crippen molar-refractivity contribution in [3.05, 3.63) is 52.5 Å². The number of anilines is 1. The molecule has 2 aromatic carbocycles. The second-order valence-electron chi connectivity index (χ2n) is 6.38. The lowest BCUT2D eigenvalue weighted by atomic mass is 10.2. The molecule has 0 aliphatic rings. The normalized spacial score (nSPS) is 11.1. The molecule has 2 rings (SSSR count). The van der Waals surface area contributed by atoms with E-state index in [-0.39, 0.29) is 25.5 Å². The van der Waals surface area contributed by atoms with Gasteiger partial charge in [-0.2, -0.15) is 0 Å². The molecule has 0 aromatic heterocycles. The van der Waals surface area contributed by atoms with Crippen molar-refractivity contribution < 1.29 is 22.7 Å². The predicted molar refractivity (Wildman–Crippen MR) is 119 cm³/mol. The van der Waals surface area contributed by atoms with Crippen molar-refractivity contribution in [3.8, 4) is 11.5 Å². The summed E-state index contributed by atoms with van der Waals surface area (Å²) in [4.78, 5) is 12.1. The van der Waals surface area contributed by atoms with Gasteiger partial charge in [0.05, 0.1) is 30.6 Å². The zero-order valence-electron chi connectivity index (χ0n) is 16.7. The van der Waals surface area contributed by atoms with Crippen molar-refractivity contribution >= 4 is 44.8 Å². The van der Waals surface area contributed by atoms with Gasteiger partial charge in [0, 0.05) is 18.0 Å². The van der Waals surface area contributed by atoms with Crippen LogP contribution in [0.5, 0.6) is 11.5 Å². The van der Waals surface area contributed by atoms with E-state index in [1.165, 1.54) is 17.5 Å². The first-order valence-electron chi connectivity index (χ1n) is 9.17. The van der Waals surface area contributed by atoms with Gasteiger partial charge in [-0.05, 0) is 36.8 Å². The Morgan fingerprint density at radius 1 is 1.13 bits per heavy atom. The maximum Gasteiger partial charge on any atom is 0.232 e. The quantitative estimate of drug-likeness (QED) is 0.501. The van der Waals surface area contributed by atoms with Gasteiger partial charge in [-0.25, -0.2) is 8.42 Å². The third kappa shape index (κ3) is 7.27. The minimum absolute atomic E-state index is 0.110. The SMILES string of the molecule is COc1ccc(Cl)cc1N(CCCC(=O)NCCOc1ccccc1Cl)S(C)(=O)=O. The fraction of sp³-hybridized carbons (Fsp3) is 0.350. The number of nitrogens with zero attached hydrogens (tertiary/aromatic N) is 1. The van der Waals surface area contributed by atoms with E-state index in [2.05, 4.69) is 5.32 Å². The molecule has 0 aliphatic carbocycles.